The van der Waals surface area contributed by atoms with Gasteiger partial charge in [0.1, 0.15) is 6.20 Å². The Kier molecular flexibility index (Phi) is 6.85. The number of imidazole rings is 1. The lowest BCUT2D eigenvalue weighted by atomic mass is 10.3. The molecule has 0 radical (unpaired) electrons. The molecule has 0 spiro atoms. The Morgan fingerprint density at radius 2 is 2.22 bits per heavy atom. The Morgan fingerprint density at radius 3 is 2.87 bits per heavy atom. The summed E-state index contributed by atoms with van der Waals surface area (Å²) in [6, 6.07) is 0. The van der Waals surface area contributed by atoms with Crippen LogP contribution in [0.25, 0.3) is 0 Å². The van der Waals surface area contributed by atoms with Gasteiger partial charge in [0.15, 0.2) is 5.69 Å². The number of hydrogen-bond donors (Lipinski definition) is 1. The summed E-state index contributed by atoms with van der Waals surface area (Å²) in [5, 5.41) is 11.1. The van der Waals surface area contributed by atoms with E-state index in [9.17, 15) is 14.3 Å². The third kappa shape index (κ3) is 5.51. The van der Waals surface area contributed by atoms with Gasteiger partial charge in [-0.15, -0.1) is 0 Å². The first-order valence-electron chi connectivity index (χ1n) is 7.07. The molecule has 11 nitrogen and oxygen atoms in total. The molecule has 0 bridgehead atoms. The smallest absolute Gasteiger partial charge is 0.416 e. The Morgan fingerprint density at radius 1 is 1.48 bits per heavy atom. The maximum Gasteiger partial charge on any atom is 0.434 e. The number of nitrogens with zero attached hydrogens (tertiary/aromatic N) is 5. The average Bonchev–Trinajstić information content (AvgIpc) is 2.97. The van der Waals surface area contributed by atoms with Gasteiger partial charge in [0.2, 0.25) is 0 Å². The SMILES string of the molecule is NO[S-](=O)=NCCc1cn(CCN2CCOCC2)c([N+](=O)[O-])n1. The minimum atomic E-state index is -1.90. The molecule has 2 N–H and O–H groups in total. The van der Waals surface area contributed by atoms with Crippen molar-refractivity contribution in [2.24, 2.45) is 10.3 Å². The predicted octanol–water partition coefficient (Wildman–Crippen LogP) is -0.381. The number of morpholine rings is 1. The third-order valence-corrected chi connectivity index (χ3v) is 3.93. The van der Waals surface area contributed by atoms with Crippen LogP contribution < -0.4 is 5.90 Å². The molecule has 0 atom stereocenters. The lowest BCUT2D eigenvalue weighted by molar-refractivity contribution is -0.396. The number of ether oxygens (including phenoxy) is 1. The minimum Gasteiger partial charge on any atom is -0.416 e. The number of rotatable bonds is 8. The summed E-state index contributed by atoms with van der Waals surface area (Å²) in [7, 11) is -1.90. The molecule has 1 aromatic heterocycles. The second kappa shape index (κ2) is 8.88. The molecule has 0 amide bonds. The maximum atomic E-state index is 11.1. The van der Waals surface area contributed by atoms with Crippen LogP contribution in [0.4, 0.5) is 5.95 Å². The maximum absolute atomic E-state index is 11.1. The fourth-order valence-electron chi connectivity index (χ4n) is 2.23. The van der Waals surface area contributed by atoms with Gasteiger partial charge in [0.05, 0.1) is 19.8 Å². The van der Waals surface area contributed by atoms with E-state index < -0.39 is 15.8 Å². The van der Waals surface area contributed by atoms with E-state index in [4.69, 9.17) is 10.6 Å². The highest BCUT2D eigenvalue weighted by molar-refractivity contribution is 7.69. The highest BCUT2D eigenvalue weighted by atomic mass is 32.2. The van der Waals surface area contributed by atoms with Crippen molar-refractivity contribution in [2.45, 2.75) is 13.0 Å². The summed E-state index contributed by atoms with van der Waals surface area (Å²) in [6.45, 7) is 4.31. The van der Waals surface area contributed by atoms with Crippen molar-refractivity contribution in [3.63, 3.8) is 0 Å². The highest BCUT2D eigenvalue weighted by Crippen LogP contribution is 2.13. The number of aromatic nitrogens is 2. The molecular weight excluding hydrogens is 328 g/mol. The van der Waals surface area contributed by atoms with E-state index in [1.807, 2.05) is 0 Å². The standard InChI is InChI=1S/C11H19N6O5S/c12-22-23(20)13-2-1-10-9-16(11(14-10)17(18)19)4-3-15-5-7-21-8-6-15/h9H,1-8,12H2/q-1. The van der Waals surface area contributed by atoms with Gasteiger partial charge in [0, 0.05) is 32.6 Å². The van der Waals surface area contributed by atoms with Crippen LogP contribution in [0.3, 0.4) is 0 Å². The lowest BCUT2D eigenvalue weighted by Crippen LogP contribution is -2.38. The third-order valence-electron chi connectivity index (χ3n) is 3.38. The van der Waals surface area contributed by atoms with Crippen molar-refractivity contribution >= 4 is 16.8 Å². The van der Waals surface area contributed by atoms with Crippen molar-refractivity contribution in [1.29, 1.82) is 0 Å². The first kappa shape index (κ1) is 17.7. The van der Waals surface area contributed by atoms with Crippen LogP contribution in [0, 0.1) is 10.1 Å². The normalized spacial score (nSPS) is 17.4. The number of hydrogen-bond acceptors (Lipinski definition) is 10. The Balaban J connectivity index is 1.97. The molecule has 0 saturated carbocycles. The predicted molar refractivity (Wildman–Crippen MR) is 80.5 cm³/mol. The van der Waals surface area contributed by atoms with Crippen molar-refractivity contribution in [1.82, 2.24) is 14.5 Å². The van der Waals surface area contributed by atoms with Crippen LogP contribution in [0.1, 0.15) is 5.69 Å². The second-order valence-corrected chi connectivity index (χ2v) is 5.74. The molecule has 1 aliphatic heterocycles. The highest BCUT2D eigenvalue weighted by Gasteiger charge is 2.20. The van der Waals surface area contributed by atoms with Crippen LogP contribution in [-0.4, -0.2) is 58.8 Å². The van der Waals surface area contributed by atoms with Crippen LogP contribution in [0.15, 0.2) is 10.6 Å². The summed E-state index contributed by atoms with van der Waals surface area (Å²) in [5.74, 6) is 4.51. The van der Waals surface area contributed by atoms with E-state index >= 15 is 0 Å². The van der Waals surface area contributed by atoms with E-state index in [-0.39, 0.29) is 12.5 Å². The zero-order valence-electron chi connectivity index (χ0n) is 12.5. The second-order valence-electron chi connectivity index (χ2n) is 4.85. The Bertz CT molecular complexity index is 608. The van der Waals surface area contributed by atoms with E-state index in [0.29, 0.717) is 38.4 Å². The fraction of sp³-hybridized carbons (Fsp3) is 0.727. The molecule has 2 heterocycles. The summed E-state index contributed by atoms with van der Waals surface area (Å²) >= 11 is 0. The average molecular weight is 347 g/mol. The molecule has 12 heteroatoms. The van der Waals surface area contributed by atoms with Crippen molar-refractivity contribution < 1.29 is 18.2 Å². The molecule has 23 heavy (non-hydrogen) atoms. The molecule has 1 fully saturated rings. The molecule has 1 aliphatic rings. The van der Waals surface area contributed by atoms with Crippen LogP contribution >= 0.6 is 0 Å². The first-order valence-corrected chi connectivity index (χ1v) is 8.10. The van der Waals surface area contributed by atoms with E-state index in [2.05, 4.69) is 18.5 Å². The van der Waals surface area contributed by atoms with Crippen molar-refractivity contribution in [3.8, 4) is 0 Å². The van der Waals surface area contributed by atoms with Gasteiger partial charge in [-0.2, -0.15) is 0 Å². The van der Waals surface area contributed by atoms with Crippen LogP contribution in [0.5, 0.6) is 0 Å². The van der Waals surface area contributed by atoms with Gasteiger partial charge in [0.25, 0.3) is 0 Å². The Hall–Kier alpha value is -1.60. The summed E-state index contributed by atoms with van der Waals surface area (Å²) in [5.41, 5.74) is 0.511. The quantitative estimate of drug-likeness (QED) is 0.381. The van der Waals surface area contributed by atoms with Crippen LogP contribution in [-0.2, 0) is 37.1 Å². The molecular formula is C11H19N6O5S-. The lowest BCUT2D eigenvalue weighted by Gasteiger charge is -2.25. The molecule has 1 saturated heterocycles. The van der Waals surface area contributed by atoms with Gasteiger partial charge >= 0.3 is 5.95 Å². The van der Waals surface area contributed by atoms with E-state index in [1.165, 1.54) is 4.57 Å². The van der Waals surface area contributed by atoms with Gasteiger partial charge in [-0.1, -0.05) is 4.98 Å². The fourth-order valence-corrected chi connectivity index (χ4v) is 2.53. The molecule has 0 unspecified atom stereocenters. The minimum absolute atomic E-state index is 0.154. The largest absolute Gasteiger partial charge is 0.434 e. The molecule has 0 aliphatic carbocycles. The summed E-state index contributed by atoms with van der Waals surface area (Å²) in [4.78, 5) is 16.8. The zero-order valence-corrected chi connectivity index (χ0v) is 13.3. The van der Waals surface area contributed by atoms with Gasteiger partial charge in [-0.25, -0.2) is 10.5 Å². The first-order chi connectivity index (χ1) is 11.1. The van der Waals surface area contributed by atoms with Crippen LogP contribution in [0.2, 0.25) is 0 Å². The van der Waals surface area contributed by atoms with Gasteiger partial charge in [-0.05, 0) is 15.8 Å². The molecule has 2 rings (SSSR count). The molecule has 1 aromatic rings. The van der Waals surface area contributed by atoms with E-state index in [1.54, 1.807) is 6.20 Å². The monoisotopic (exact) mass is 347 g/mol. The summed E-state index contributed by atoms with van der Waals surface area (Å²) < 4.78 is 25.3. The molecule has 130 valence electrons. The van der Waals surface area contributed by atoms with E-state index in [0.717, 1.165) is 13.1 Å². The van der Waals surface area contributed by atoms with Gasteiger partial charge < -0.3 is 27.7 Å². The zero-order chi connectivity index (χ0) is 16.7. The molecule has 0 aromatic carbocycles. The Labute approximate surface area is 134 Å². The van der Waals surface area contributed by atoms with Crippen molar-refractivity contribution in [2.75, 3.05) is 39.4 Å². The summed E-state index contributed by atoms with van der Waals surface area (Å²) in [6.07, 6.45) is 1.95. The van der Waals surface area contributed by atoms with Gasteiger partial charge in [-0.3, -0.25) is 4.90 Å². The number of nitrogens with two attached hydrogens (primary N) is 1. The number of nitro groups is 1. The topological polar surface area (TPSA) is 138 Å². The van der Waals surface area contributed by atoms with Crippen molar-refractivity contribution in [3.05, 3.63) is 22.0 Å².